The fourth-order valence-corrected chi connectivity index (χ4v) is 6.82. The summed E-state index contributed by atoms with van der Waals surface area (Å²) in [5.41, 5.74) is 0. The van der Waals surface area contributed by atoms with Crippen molar-refractivity contribution in [2.24, 2.45) is 17.8 Å². The van der Waals surface area contributed by atoms with Crippen molar-refractivity contribution in [2.75, 3.05) is 46.6 Å². The van der Waals surface area contributed by atoms with Gasteiger partial charge in [-0.1, -0.05) is 216 Å². The molecule has 0 N–H and O–H groups in total. The second kappa shape index (κ2) is 83.6. The molecule has 0 bridgehead atoms. The van der Waals surface area contributed by atoms with Gasteiger partial charge in [0.25, 0.3) is 6.47 Å². The molecule has 0 atom stereocenters. The molecular weight excluding hydrogens is 1420 g/mol. The normalized spacial score (nSPS) is 11.0. The van der Waals surface area contributed by atoms with Crippen molar-refractivity contribution < 1.29 is 115 Å². The molecule has 1 aliphatic heterocycles. The standard InChI is InChI=1S/C23H44O4.C9H18O2.C8H17.C7H10O2.C7H14O.C6H11NO2.C3H7.2U/c1-4-7-9-11-13-15-17-26-22(24)19-21(6-3)20-23(25)27-18-16-14-12-10-8-5-2;1-2-3-4-5-6-7-8-11-9-10;1-3-5-7-8-6-4-2;1-2-7(3-5-8)4-6-9;1-4-8-6-5-7(2)3;1-5(8)9-6-3-7(2)4-6;1-3-2;;/h21H,4-20H2,1-3H3;9H,2-8H2,1H3;1,3-8H2,2H3;7H,2-4H2,1H3;4,7H,1,5-6H2,2-3H3;6H,3-4H2,1-2H3;1,3H2,2H3;;/q;;-1;-2;;;-1;2*+2. The number of hydrogen-bond acceptors (Lipinski definition) is 12. The number of carbonyl (C=O) groups excluding carboxylic acids is 6. The minimum Gasteiger partial charge on any atom is -0.542 e. The minimum atomic E-state index is -0.181. The van der Waals surface area contributed by atoms with Gasteiger partial charge in [-0.25, -0.2) is 0 Å². The number of esters is 3. The van der Waals surface area contributed by atoms with Gasteiger partial charge in [0.1, 0.15) is 6.10 Å². The molecule has 1 heterocycles. The fraction of sp³-hybridized carbons (Fsp3) is 0.841. The predicted octanol–water partition coefficient (Wildman–Crippen LogP) is 16.6. The van der Waals surface area contributed by atoms with Gasteiger partial charge in [0.15, 0.2) is 0 Å². The van der Waals surface area contributed by atoms with Crippen LogP contribution in [-0.2, 0) is 52.5 Å². The van der Waals surface area contributed by atoms with Gasteiger partial charge in [-0.05, 0) is 44.6 Å². The summed E-state index contributed by atoms with van der Waals surface area (Å²) in [7, 11) is 2.00. The summed E-state index contributed by atoms with van der Waals surface area (Å²) in [6.07, 6.45) is 39.8. The van der Waals surface area contributed by atoms with Crippen molar-refractivity contribution in [1.82, 2.24) is 4.90 Å². The Morgan fingerprint density at radius 3 is 1.25 bits per heavy atom. The van der Waals surface area contributed by atoms with E-state index in [-0.39, 0.29) is 98.1 Å². The Kier molecular flexibility index (Phi) is 100. The Hall–Kier alpha value is -1.18. The molecule has 1 rings (SSSR count). The molecule has 0 aromatic rings. The van der Waals surface area contributed by atoms with Crippen LogP contribution in [0.3, 0.4) is 0 Å². The molecule has 0 saturated carbocycles. The van der Waals surface area contributed by atoms with E-state index in [2.05, 4.69) is 71.6 Å². The Balaban J connectivity index is -0.000000132. The Bertz CT molecular complexity index is 1130. The van der Waals surface area contributed by atoms with Crippen LogP contribution in [0.4, 0.5) is 0 Å². The maximum Gasteiger partial charge on any atom is 2.00 e. The number of carbonyl (C=O) groups is 4. The molecule has 0 unspecified atom stereocenters. The number of hydrogen-bond donors (Lipinski definition) is 0. The first kappa shape index (κ1) is 92.3. The summed E-state index contributed by atoms with van der Waals surface area (Å²) in [6, 6.07) is 0. The molecule has 0 aromatic heterocycles. The number of nitrogens with zero attached hydrogens (tertiary/aromatic N) is 1. The third-order valence-electron chi connectivity index (χ3n) is 11.7. The number of likely N-dealkylation sites (N-methyl/N-ethyl adjacent to an activating group) is 1. The molecule has 452 valence electrons. The van der Waals surface area contributed by atoms with E-state index in [1.807, 2.05) is 27.8 Å². The molecule has 14 heteroatoms. The van der Waals surface area contributed by atoms with E-state index >= 15 is 0 Å². The van der Waals surface area contributed by atoms with Gasteiger partial charge in [0.05, 0.1) is 32.7 Å². The first-order valence-electron chi connectivity index (χ1n) is 29.9. The summed E-state index contributed by atoms with van der Waals surface area (Å²) in [5, 5.41) is 0. The van der Waals surface area contributed by atoms with E-state index in [1.165, 1.54) is 129 Å². The van der Waals surface area contributed by atoms with E-state index in [1.54, 1.807) is 12.6 Å². The zero-order valence-corrected chi connectivity index (χ0v) is 60.2. The molecule has 0 aromatic carbocycles. The smallest absolute Gasteiger partial charge is 0.542 e. The van der Waals surface area contributed by atoms with Crippen molar-refractivity contribution in [2.45, 2.75) is 281 Å². The first-order valence-corrected chi connectivity index (χ1v) is 29.9. The van der Waals surface area contributed by atoms with Gasteiger partial charge in [0.2, 0.25) is 0 Å². The summed E-state index contributed by atoms with van der Waals surface area (Å²) in [5.74, 6) is 0.389. The van der Waals surface area contributed by atoms with Gasteiger partial charge >= 0.3 is 80.1 Å². The van der Waals surface area contributed by atoms with Crippen molar-refractivity contribution in [1.29, 1.82) is 0 Å². The number of rotatable bonds is 42. The predicted molar refractivity (Wildman–Crippen MR) is 315 cm³/mol. The van der Waals surface area contributed by atoms with E-state index in [4.69, 9.17) is 18.9 Å². The second-order valence-corrected chi connectivity index (χ2v) is 19.8. The monoisotopic (exact) mass is 1540 g/mol. The third-order valence-corrected chi connectivity index (χ3v) is 11.7. The maximum absolute atomic E-state index is 11.9. The van der Waals surface area contributed by atoms with Crippen LogP contribution in [0, 0.1) is 93.8 Å². The maximum atomic E-state index is 11.9. The quantitative estimate of drug-likeness (QED) is 0.0143. The van der Waals surface area contributed by atoms with Crippen LogP contribution in [0.1, 0.15) is 275 Å². The van der Waals surface area contributed by atoms with Crippen LogP contribution in [0.2, 0.25) is 0 Å². The Morgan fingerprint density at radius 1 is 0.584 bits per heavy atom. The third kappa shape index (κ3) is 94.4. The minimum absolute atomic E-state index is 0. The Morgan fingerprint density at radius 2 is 0.948 bits per heavy atom. The SMILES string of the molecule is C=COCCC(C)C.CC(=O)OC1CN(C)C1.CCC(C[C-]=O)C[C-]=O.CCCCCCCCOC(=O)CC(CC)CC(=O)OCCCCCCCC.CCCCCCCCOC=O.[CH2-]CC.[CH2-]CCCCCCC.[U+2].[U+2]. The van der Waals surface area contributed by atoms with Crippen LogP contribution in [0.25, 0.3) is 0 Å². The molecule has 0 radical (unpaired) electrons. The molecule has 0 aliphatic carbocycles. The zero-order valence-electron chi connectivity index (χ0n) is 51.9. The van der Waals surface area contributed by atoms with Gasteiger partial charge in [-0.3, -0.25) is 36.7 Å². The Labute approximate surface area is 524 Å². The molecule has 1 saturated heterocycles. The van der Waals surface area contributed by atoms with Crippen molar-refractivity contribution >= 4 is 37.0 Å². The number of likely N-dealkylation sites (tertiary alicyclic amines) is 1. The fourth-order valence-electron chi connectivity index (χ4n) is 6.82. The molecule has 1 fully saturated rings. The molecular formula is C63H121NO11U2. The summed E-state index contributed by atoms with van der Waals surface area (Å²) in [4.78, 5) is 65.6. The molecule has 0 amide bonds. The van der Waals surface area contributed by atoms with Crippen LogP contribution in [0.5, 0.6) is 0 Å². The first-order chi connectivity index (χ1) is 36.2. The van der Waals surface area contributed by atoms with Gasteiger partial charge in [-0.15, -0.1) is 0 Å². The van der Waals surface area contributed by atoms with Gasteiger partial charge in [0, 0.05) is 32.9 Å². The van der Waals surface area contributed by atoms with Crippen LogP contribution < -0.4 is 0 Å². The van der Waals surface area contributed by atoms with Crippen LogP contribution >= 0.6 is 0 Å². The van der Waals surface area contributed by atoms with Gasteiger partial charge < -0.3 is 47.1 Å². The largest absolute Gasteiger partial charge is 2.00 e. The number of ether oxygens (including phenoxy) is 5. The van der Waals surface area contributed by atoms with Crippen molar-refractivity contribution in [3.8, 4) is 0 Å². The van der Waals surface area contributed by atoms with Crippen LogP contribution in [-0.4, -0.2) is 94.5 Å². The van der Waals surface area contributed by atoms with Gasteiger partial charge in [-0.2, -0.15) is 25.7 Å². The zero-order chi connectivity index (χ0) is 57.9. The van der Waals surface area contributed by atoms with E-state index in [0.29, 0.717) is 52.0 Å². The molecule has 1 aliphatic rings. The molecule has 12 nitrogen and oxygen atoms in total. The van der Waals surface area contributed by atoms with E-state index in [0.717, 1.165) is 89.8 Å². The number of unbranched alkanes of at least 4 members (excludes halogenated alkanes) is 20. The average Bonchev–Trinajstić information content (AvgIpc) is 3.37. The van der Waals surface area contributed by atoms with Crippen molar-refractivity contribution in [3.05, 3.63) is 26.7 Å². The summed E-state index contributed by atoms with van der Waals surface area (Å²) < 4.78 is 25.0. The average molecular weight is 1540 g/mol. The molecule has 0 spiro atoms. The summed E-state index contributed by atoms with van der Waals surface area (Å²) >= 11 is 0. The topological polar surface area (TPSA) is 152 Å². The van der Waals surface area contributed by atoms with Crippen molar-refractivity contribution in [3.63, 3.8) is 0 Å². The van der Waals surface area contributed by atoms with Crippen LogP contribution in [0.15, 0.2) is 12.8 Å². The van der Waals surface area contributed by atoms with E-state index in [9.17, 15) is 28.8 Å². The summed E-state index contributed by atoms with van der Waals surface area (Å²) in [6.45, 7) is 36.0. The van der Waals surface area contributed by atoms with E-state index < -0.39 is 0 Å². The molecule has 77 heavy (non-hydrogen) atoms. The second-order valence-electron chi connectivity index (χ2n) is 19.8.